The van der Waals surface area contributed by atoms with Crippen molar-refractivity contribution in [1.82, 2.24) is 19.2 Å². The van der Waals surface area contributed by atoms with Crippen molar-refractivity contribution in [3.8, 4) is 0 Å². The van der Waals surface area contributed by atoms with E-state index >= 15 is 0 Å². The quantitative estimate of drug-likeness (QED) is 0.718. The molecule has 116 valence electrons. The van der Waals surface area contributed by atoms with Crippen LogP contribution >= 0.6 is 0 Å². The summed E-state index contributed by atoms with van der Waals surface area (Å²) in [4.78, 5) is 25.9. The number of likely N-dealkylation sites (tertiary alicyclic amines) is 1. The lowest BCUT2D eigenvalue weighted by Crippen LogP contribution is -2.48. The van der Waals surface area contributed by atoms with Gasteiger partial charge < -0.3 is 14.4 Å². The number of amides is 1. The van der Waals surface area contributed by atoms with Crippen LogP contribution in [0.4, 0.5) is 0 Å². The monoisotopic (exact) mass is 296 g/mol. The van der Waals surface area contributed by atoms with Crippen LogP contribution in [0.2, 0.25) is 0 Å². The smallest absolute Gasteiger partial charge is 0.346 e. The Bertz CT molecular complexity index is 590. The number of nitrogens with zero attached hydrogens (tertiary/aromatic N) is 4. The van der Waals surface area contributed by atoms with E-state index in [-0.39, 0.29) is 18.1 Å². The molecule has 8 heteroatoms. The van der Waals surface area contributed by atoms with E-state index in [1.54, 1.807) is 18.9 Å². The molecule has 1 aromatic heterocycles. The lowest BCUT2D eigenvalue weighted by molar-refractivity contribution is -0.187. The van der Waals surface area contributed by atoms with Gasteiger partial charge in [-0.1, -0.05) is 0 Å². The van der Waals surface area contributed by atoms with Crippen LogP contribution in [0.3, 0.4) is 0 Å². The van der Waals surface area contributed by atoms with Crippen molar-refractivity contribution in [3.63, 3.8) is 0 Å². The van der Waals surface area contributed by atoms with Gasteiger partial charge in [0.15, 0.2) is 5.79 Å². The maximum absolute atomic E-state index is 12.3. The molecule has 0 unspecified atom stereocenters. The van der Waals surface area contributed by atoms with Gasteiger partial charge in [-0.25, -0.2) is 9.48 Å². The Kier molecular flexibility index (Phi) is 3.58. The molecule has 21 heavy (non-hydrogen) atoms. The van der Waals surface area contributed by atoms with Gasteiger partial charge >= 0.3 is 5.69 Å². The Morgan fingerprint density at radius 1 is 1.29 bits per heavy atom. The van der Waals surface area contributed by atoms with Gasteiger partial charge in [0.05, 0.1) is 13.2 Å². The molecule has 0 N–H and O–H groups in total. The summed E-state index contributed by atoms with van der Waals surface area (Å²) in [5, 5.41) is 4.09. The van der Waals surface area contributed by atoms with Gasteiger partial charge in [-0.05, 0) is 6.92 Å². The lowest BCUT2D eigenvalue weighted by atomic mass is 10.0. The van der Waals surface area contributed by atoms with Crippen molar-refractivity contribution in [2.24, 2.45) is 7.05 Å². The Labute approximate surface area is 122 Å². The Morgan fingerprint density at radius 2 is 1.90 bits per heavy atom. The third kappa shape index (κ3) is 2.60. The highest BCUT2D eigenvalue weighted by Crippen LogP contribution is 2.31. The molecule has 1 aromatic rings. The minimum atomic E-state index is -0.491. The van der Waals surface area contributed by atoms with Crippen LogP contribution in [-0.2, 0) is 27.9 Å². The van der Waals surface area contributed by atoms with Gasteiger partial charge in [0.1, 0.15) is 12.4 Å². The Hall–Kier alpha value is -1.67. The highest BCUT2D eigenvalue weighted by Gasteiger charge is 2.40. The average molecular weight is 296 g/mol. The molecule has 0 aromatic carbocycles. The number of carbonyl (C=O) groups excluding carboxylic acids is 1. The largest absolute Gasteiger partial charge is 0.347 e. The molecule has 8 nitrogen and oxygen atoms in total. The topological polar surface area (TPSA) is 78.6 Å². The minimum Gasteiger partial charge on any atom is -0.347 e. The van der Waals surface area contributed by atoms with Crippen molar-refractivity contribution in [2.45, 2.75) is 32.1 Å². The summed E-state index contributed by atoms with van der Waals surface area (Å²) in [6.45, 7) is 4.13. The summed E-state index contributed by atoms with van der Waals surface area (Å²) in [5.74, 6) is 0.0102. The van der Waals surface area contributed by atoms with Crippen molar-refractivity contribution in [3.05, 3.63) is 16.3 Å². The maximum Gasteiger partial charge on any atom is 0.346 e. The molecule has 3 rings (SSSR count). The van der Waals surface area contributed by atoms with Gasteiger partial charge in [-0.15, -0.1) is 0 Å². The fourth-order valence-corrected chi connectivity index (χ4v) is 2.81. The predicted molar refractivity (Wildman–Crippen MR) is 72.7 cm³/mol. The first kappa shape index (κ1) is 14.3. The van der Waals surface area contributed by atoms with E-state index in [0.717, 1.165) is 0 Å². The van der Waals surface area contributed by atoms with E-state index in [9.17, 15) is 9.59 Å². The second kappa shape index (κ2) is 5.27. The van der Waals surface area contributed by atoms with Gasteiger partial charge in [-0.2, -0.15) is 5.10 Å². The van der Waals surface area contributed by atoms with Gasteiger partial charge in [0.25, 0.3) is 0 Å². The van der Waals surface area contributed by atoms with Gasteiger partial charge in [-0.3, -0.25) is 9.36 Å². The first-order chi connectivity index (χ1) is 10.0. The maximum atomic E-state index is 12.3. The predicted octanol–water partition coefficient (Wildman–Crippen LogP) is -0.744. The zero-order valence-electron chi connectivity index (χ0n) is 12.4. The van der Waals surface area contributed by atoms with E-state index in [2.05, 4.69) is 5.10 Å². The van der Waals surface area contributed by atoms with Crippen LogP contribution in [0.5, 0.6) is 0 Å². The third-order valence-corrected chi connectivity index (χ3v) is 4.24. The molecule has 0 atom stereocenters. The van der Waals surface area contributed by atoms with Crippen molar-refractivity contribution >= 4 is 5.91 Å². The molecular formula is C13H20N4O4. The standard InChI is InChI=1S/C13H20N4O4/c1-10-14-17(12(19)15(10)2)9-11(18)16-5-3-13(4-6-16)20-7-8-21-13/h3-9H2,1-2H3. The zero-order chi connectivity index (χ0) is 15.0. The normalized spacial score (nSPS) is 21.1. The number of aromatic nitrogens is 3. The van der Waals surface area contributed by atoms with Crippen LogP contribution in [-0.4, -0.2) is 57.2 Å². The molecule has 0 radical (unpaired) electrons. The van der Waals surface area contributed by atoms with Crippen LogP contribution in [0.1, 0.15) is 18.7 Å². The summed E-state index contributed by atoms with van der Waals surface area (Å²) in [6, 6.07) is 0. The molecule has 0 aliphatic carbocycles. The Balaban J connectivity index is 1.62. The zero-order valence-corrected chi connectivity index (χ0v) is 12.4. The number of hydrogen-bond donors (Lipinski definition) is 0. The molecule has 0 saturated carbocycles. The summed E-state index contributed by atoms with van der Waals surface area (Å²) in [6.07, 6.45) is 1.35. The summed E-state index contributed by atoms with van der Waals surface area (Å²) in [7, 11) is 1.64. The number of piperidine rings is 1. The molecule has 1 spiro atoms. The second-order valence-electron chi connectivity index (χ2n) is 5.53. The van der Waals surface area contributed by atoms with Crippen LogP contribution in [0.15, 0.2) is 4.79 Å². The van der Waals surface area contributed by atoms with E-state index < -0.39 is 5.79 Å². The van der Waals surface area contributed by atoms with E-state index in [1.807, 2.05) is 0 Å². The summed E-state index contributed by atoms with van der Waals surface area (Å²) in [5.41, 5.74) is -0.267. The first-order valence-corrected chi connectivity index (χ1v) is 7.17. The average Bonchev–Trinajstić information content (AvgIpc) is 3.01. The van der Waals surface area contributed by atoms with E-state index in [0.29, 0.717) is 45.0 Å². The number of carbonyl (C=O) groups is 1. The van der Waals surface area contributed by atoms with E-state index in [4.69, 9.17) is 9.47 Å². The van der Waals surface area contributed by atoms with Crippen molar-refractivity contribution < 1.29 is 14.3 Å². The lowest BCUT2D eigenvalue weighted by Gasteiger charge is -2.37. The van der Waals surface area contributed by atoms with Crippen LogP contribution in [0, 0.1) is 6.92 Å². The molecule has 0 bridgehead atoms. The Morgan fingerprint density at radius 3 is 2.43 bits per heavy atom. The number of rotatable bonds is 2. The van der Waals surface area contributed by atoms with Gasteiger partial charge in [0, 0.05) is 33.0 Å². The third-order valence-electron chi connectivity index (χ3n) is 4.24. The SMILES string of the molecule is Cc1nn(CC(=O)N2CCC3(CC2)OCCO3)c(=O)n1C. The number of hydrogen-bond acceptors (Lipinski definition) is 5. The van der Waals surface area contributed by atoms with E-state index in [1.165, 1.54) is 9.25 Å². The summed E-state index contributed by atoms with van der Waals surface area (Å²) < 4.78 is 13.9. The fourth-order valence-electron chi connectivity index (χ4n) is 2.81. The molecule has 2 aliphatic rings. The molecular weight excluding hydrogens is 276 g/mol. The number of aryl methyl sites for hydroxylation is 1. The second-order valence-corrected chi connectivity index (χ2v) is 5.53. The van der Waals surface area contributed by atoms with Crippen molar-refractivity contribution in [2.75, 3.05) is 26.3 Å². The number of ether oxygens (including phenoxy) is 2. The molecule has 2 saturated heterocycles. The molecule has 3 heterocycles. The highest BCUT2D eigenvalue weighted by molar-refractivity contribution is 5.76. The molecule has 2 fully saturated rings. The minimum absolute atomic E-state index is 0.0186. The van der Waals surface area contributed by atoms with Crippen molar-refractivity contribution in [1.29, 1.82) is 0 Å². The molecule has 1 amide bonds. The van der Waals surface area contributed by atoms with Crippen LogP contribution < -0.4 is 5.69 Å². The summed E-state index contributed by atoms with van der Waals surface area (Å²) >= 11 is 0. The van der Waals surface area contributed by atoms with Crippen LogP contribution in [0.25, 0.3) is 0 Å². The molecule has 2 aliphatic heterocycles. The first-order valence-electron chi connectivity index (χ1n) is 7.17. The van der Waals surface area contributed by atoms with Gasteiger partial charge in [0.2, 0.25) is 5.91 Å². The highest BCUT2D eigenvalue weighted by atomic mass is 16.7. The fraction of sp³-hybridized carbons (Fsp3) is 0.769.